The van der Waals surface area contributed by atoms with Gasteiger partial charge in [-0.3, -0.25) is 9.67 Å². The predicted octanol–water partition coefficient (Wildman–Crippen LogP) is 2.44. The molecule has 7 heteroatoms. The van der Waals surface area contributed by atoms with Crippen LogP contribution in [0.3, 0.4) is 0 Å². The zero-order valence-electron chi connectivity index (χ0n) is 12.6. The molecule has 1 unspecified atom stereocenters. The number of hydrogen-bond donors (Lipinski definition) is 1. The van der Waals surface area contributed by atoms with Crippen molar-refractivity contribution in [2.45, 2.75) is 32.9 Å². The fourth-order valence-corrected chi connectivity index (χ4v) is 2.05. The highest BCUT2D eigenvalue weighted by molar-refractivity contribution is 5.34. The number of aromatic nitrogens is 5. The molecule has 3 heterocycles. The average molecular weight is 298 g/mol. The standard InChI is InChI=1S/C15H18N6O/c1-3-13-18-15(22-20-13)11(2)17-14-7-9-21(19-14)10-12-6-4-5-8-16-12/h4-9,11H,3,10H2,1-2H3,(H,17,19). The molecule has 0 fully saturated rings. The molecule has 3 aromatic heterocycles. The molecule has 22 heavy (non-hydrogen) atoms. The Labute approximate surface area is 128 Å². The highest BCUT2D eigenvalue weighted by Gasteiger charge is 2.14. The van der Waals surface area contributed by atoms with E-state index in [0.29, 0.717) is 18.3 Å². The molecular weight excluding hydrogens is 280 g/mol. The molecule has 114 valence electrons. The second-order valence-electron chi connectivity index (χ2n) is 4.99. The van der Waals surface area contributed by atoms with Gasteiger partial charge < -0.3 is 9.84 Å². The Morgan fingerprint density at radius 2 is 2.23 bits per heavy atom. The van der Waals surface area contributed by atoms with E-state index in [1.54, 1.807) is 6.20 Å². The molecule has 3 aromatic rings. The number of nitrogens with zero attached hydrogens (tertiary/aromatic N) is 5. The first kappa shape index (κ1) is 14.2. The zero-order valence-corrected chi connectivity index (χ0v) is 12.6. The lowest BCUT2D eigenvalue weighted by molar-refractivity contribution is 0.363. The van der Waals surface area contributed by atoms with Crippen LogP contribution in [0.4, 0.5) is 5.82 Å². The van der Waals surface area contributed by atoms with E-state index in [4.69, 9.17) is 4.52 Å². The molecule has 0 aliphatic carbocycles. The number of pyridine rings is 1. The summed E-state index contributed by atoms with van der Waals surface area (Å²) in [6.45, 7) is 4.59. The van der Waals surface area contributed by atoms with Crippen LogP contribution in [0.25, 0.3) is 0 Å². The summed E-state index contributed by atoms with van der Waals surface area (Å²) in [5, 5.41) is 11.6. The number of nitrogens with one attached hydrogen (secondary N) is 1. The minimum atomic E-state index is -0.0917. The molecule has 0 saturated heterocycles. The maximum absolute atomic E-state index is 5.22. The maximum Gasteiger partial charge on any atom is 0.248 e. The molecule has 1 N–H and O–H groups in total. The smallest absolute Gasteiger partial charge is 0.248 e. The quantitative estimate of drug-likeness (QED) is 0.752. The molecule has 0 aromatic carbocycles. The zero-order chi connectivity index (χ0) is 15.4. The van der Waals surface area contributed by atoms with Crippen molar-refractivity contribution in [3.63, 3.8) is 0 Å². The minimum absolute atomic E-state index is 0.0917. The van der Waals surface area contributed by atoms with Crippen LogP contribution in [0.2, 0.25) is 0 Å². The summed E-state index contributed by atoms with van der Waals surface area (Å²) in [7, 11) is 0. The third-order valence-electron chi connectivity index (χ3n) is 3.23. The van der Waals surface area contributed by atoms with E-state index in [-0.39, 0.29) is 6.04 Å². The minimum Gasteiger partial charge on any atom is -0.357 e. The SMILES string of the molecule is CCc1noc(C(C)Nc2ccn(Cc3ccccn3)n2)n1. The summed E-state index contributed by atoms with van der Waals surface area (Å²) in [4.78, 5) is 8.60. The summed E-state index contributed by atoms with van der Waals surface area (Å²) in [5.41, 5.74) is 0.967. The van der Waals surface area contributed by atoms with Gasteiger partial charge in [0.15, 0.2) is 5.82 Å². The van der Waals surface area contributed by atoms with Crippen molar-refractivity contribution in [2.75, 3.05) is 5.32 Å². The monoisotopic (exact) mass is 298 g/mol. The van der Waals surface area contributed by atoms with Crippen molar-refractivity contribution in [3.8, 4) is 0 Å². The van der Waals surface area contributed by atoms with Crippen LogP contribution < -0.4 is 5.32 Å². The lowest BCUT2D eigenvalue weighted by Crippen LogP contribution is -2.09. The maximum atomic E-state index is 5.22. The topological polar surface area (TPSA) is 81.7 Å². The lowest BCUT2D eigenvalue weighted by atomic mass is 10.3. The van der Waals surface area contributed by atoms with Crippen molar-refractivity contribution in [2.24, 2.45) is 0 Å². The largest absolute Gasteiger partial charge is 0.357 e. The highest BCUT2D eigenvalue weighted by Crippen LogP contribution is 2.16. The van der Waals surface area contributed by atoms with E-state index in [1.807, 2.05) is 49.0 Å². The van der Waals surface area contributed by atoms with Crippen molar-refractivity contribution in [3.05, 3.63) is 54.1 Å². The summed E-state index contributed by atoms with van der Waals surface area (Å²) in [5.74, 6) is 2.04. The Morgan fingerprint density at radius 1 is 1.32 bits per heavy atom. The predicted molar refractivity (Wildman–Crippen MR) is 81.3 cm³/mol. The Kier molecular flexibility index (Phi) is 4.13. The van der Waals surface area contributed by atoms with Gasteiger partial charge in [-0.1, -0.05) is 18.1 Å². The Morgan fingerprint density at radius 3 is 2.95 bits per heavy atom. The second kappa shape index (κ2) is 6.38. The van der Waals surface area contributed by atoms with Crippen LogP contribution in [0.15, 0.2) is 41.2 Å². The van der Waals surface area contributed by atoms with Gasteiger partial charge >= 0.3 is 0 Å². The lowest BCUT2D eigenvalue weighted by Gasteiger charge is -2.07. The van der Waals surface area contributed by atoms with Gasteiger partial charge in [0, 0.05) is 24.9 Å². The number of aryl methyl sites for hydroxylation is 1. The van der Waals surface area contributed by atoms with E-state index in [1.165, 1.54) is 0 Å². The first-order chi connectivity index (χ1) is 10.7. The highest BCUT2D eigenvalue weighted by atomic mass is 16.5. The molecule has 0 radical (unpaired) electrons. The van der Waals surface area contributed by atoms with Crippen LogP contribution in [0.1, 0.15) is 37.3 Å². The molecule has 0 aliphatic rings. The number of rotatable bonds is 6. The molecule has 0 amide bonds. The molecular formula is C15H18N6O. The Hall–Kier alpha value is -2.70. The molecule has 1 atom stereocenters. The van der Waals surface area contributed by atoms with Gasteiger partial charge in [0.25, 0.3) is 0 Å². The van der Waals surface area contributed by atoms with Gasteiger partial charge in [-0.05, 0) is 19.1 Å². The van der Waals surface area contributed by atoms with Gasteiger partial charge in [0.05, 0.1) is 12.2 Å². The summed E-state index contributed by atoms with van der Waals surface area (Å²) < 4.78 is 7.06. The molecule has 0 saturated carbocycles. The van der Waals surface area contributed by atoms with Crippen LogP contribution in [0, 0.1) is 0 Å². The van der Waals surface area contributed by atoms with E-state index >= 15 is 0 Å². The van der Waals surface area contributed by atoms with Gasteiger partial charge in [-0.25, -0.2) is 0 Å². The first-order valence-electron chi connectivity index (χ1n) is 7.27. The summed E-state index contributed by atoms with van der Waals surface area (Å²) in [6, 6.07) is 7.66. The first-order valence-corrected chi connectivity index (χ1v) is 7.27. The molecule has 0 spiro atoms. The fourth-order valence-electron chi connectivity index (χ4n) is 2.05. The third-order valence-corrected chi connectivity index (χ3v) is 3.23. The van der Waals surface area contributed by atoms with E-state index in [2.05, 4.69) is 25.5 Å². The summed E-state index contributed by atoms with van der Waals surface area (Å²) >= 11 is 0. The summed E-state index contributed by atoms with van der Waals surface area (Å²) in [6.07, 6.45) is 4.45. The number of anilines is 1. The van der Waals surface area contributed by atoms with Gasteiger partial charge in [-0.15, -0.1) is 0 Å². The van der Waals surface area contributed by atoms with Crippen molar-refractivity contribution in [1.82, 2.24) is 24.9 Å². The van der Waals surface area contributed by atoms with Crippen LogP contribution in [-0.2, 0) is 13.0 Å². The van der Waals surface area contributed by atoms with Crippen LogP contribution in [-0.4, -0.2) is 24.9 Å². The van der Waals surface area contributed by atoms with E-state index in [0.717, 1.165) is 17.9 Å². The Balaban J connectivity index is 1.63. The number of hydrogen-bond acceptors (Lipinski definition) is 6. The van der Waals surface area contributed by atoms with E-state index in [9.17, 15) is 0 Å². The molecule has 7 nitrogen and oxygen atoms in total. The van der Waals surface area contributed by atoms with Gasteiger partial charge in [0.2, 0.25) is 5.89 Å². The molecule has 0 aliphatic heterocycles. The van der Waals surface area contributed by atoms with Crippen molar-refractivity contribution >= 4 is 5.82 Å². The molecule has 3 rings (SSSR count). The third kappa shape index (κ3) is 3.30. The Bertz CT molecular complexity index is 720. The fraction of sp³-hybridized carbons (Fsp3) is 0.333. The van der Waals surface area contributed by atoms with Crippen molar-refractivity contribution < 1.29 is 4.52 Å². The second-order valence-corrected chi connectivity index (χ2v) is 4.99. The normalized spacial score (nSPS) is 12.3. The molecule has 0 bridgehead atoms. The van der Waals surface area contributed by atoms with Crippen LogP contribution in [0.5, 0.6) is 0 Å². The van der Waals surface area contributed by atoms with Gasteiger partial charge in [-0.2, -0.15) is 10.1 Å². The van der Waals surface area contributed by atoms with Crippen molar-refractivity contribution in [1.29, 1.82) is 0 Å². The average Bonchev–Trinajstić information content (AvgIpc) is 3.17. The van der Waals surface area contributed by atoms with Crippen LogP contribution >= 0.6 is 0 Å². The van der Waals surface area contributed by atoms with Gasteiger partial charge in [0.1, 0.15) is 11.9 Å². The van der Waals surface area contributed by atoms with E-state index < -0.39 is 0 Å².